The van der Waals surface area contributed by atoms with E-state index in [0.29, 0.717) is 0 Å². The number of carbonyl (C=O) groups is 1. The molecular weight excluding hydrogens is 508 g/mol. The summed E-state index contributed by atoms with van der Waals surface area (Å²) in [5.74, 6) is 0.0489. The molecule has 0 bridgehead atoms. The Balaban J connectivity index is 2.38. The molecule has 0 atom stereocenters. The lowest BCUT2D eigenvalue weighted by Crippen LogP contribution is -1.93. The molecule has 0 saturated heterocycles. The zero-order valence-corrected chi connectivity index (χ0v) is 15.4. The monoisotopic (exact) mass is 506 g/mol. The van der Waals surface area contributed by atoms with E-state index in [4.69, 9.17) is 0 Å². The molecule has 0 aliphatic heterocycles. The summed E-state index contributed by atoms with van der Waals surface area (Å²) in [7, 11) is 0. The highest BCUT2D eigenvalue weighted by Crippen LogP contribution is 2.37. The van der Waals surface area contributed by atoms with Crippen LogP contribution >= 0.6 is 86.4 Å². The van der Waals surface area contributed by atoms with E-state index in [1.165, 1.54) is 22.7 Å². The Morgan fingerprint density at radius 1 is 0.875 bits per heavy atom. The molecule has 0 aliphatic rings. The van der Waals surface area contributed by atoms with Gasteiger partial charge < -0.3 is 0 Å². The first-order chi connectivity index (χ1) is 7.49. The summed E-state index contributed by atoms with van der Waals surface area (Å²) in [5, 5.41) is 0. The summed E-state index contributed by atoms with van der Waals surface area (Å²) >= 11 is 16.4. The zero-order valence-electron chi connectivity index (χ0n) is 7.39. The largest absolute Gasteiger partial charge is 0.287 e. The number of ketones is 1. The quantitative estimate of drug-likeness (QED) is 0.448. The minimum Gasteiger partial charge on any atom is -0.287 e. The Labute approximate surface area is 134 Å². The third-order valence-corrected chi connectivity index (χ3v) is 8.25. The first kappa shape index (κ1) is 13.4. The molecule has 84 valence electrons. The Hall–Kier alpha value is 0.990. The smallest absolute Gasteiger partial charge is 0.213 e. The molecule has 0 unspecified atom stereocenters. The van der Waals surface area contributed by atoms with Gasteiger partial charge in [0, 0.05) is 8.95 Å². The van der Waals surface area contributed by atoms with Gasteiger partial charge in [-0.3, -0.25) is 4.79 Å². The van der Waals surface area contributed by atoms with Crippen molar-refractivity contribution >= 4 is 92.2 Å². The van der Waals surface area contributed by atoms with Gasteiger partial charge >= 0.3 is 0 Å². The van der Waals surface area contributed by atoms with Crippen molar-refractivity contribution in [1.82, 2.24) is 0 Å². The number of hydrogen-bond donors (Lipinski definition) is 0. The molecule has 0 aromatic carbocycles. The van der Waals surface area contributed by atoms with Crippen LogP contribution in [0.4, 0.5) is 0 Å². The highest BCUT2D eigenvalue weighted by molar-refractivity contribution is 9.13. The maximum Gasteiger partial charge on any atom is 0.213 e. The van der Waals surface area contributed by atoms with Crippen molar-refractivity contribution in [1.29, 1.82) is 0 Å². The lowest BCUT2D eigenvalue weighted by Gasteiger charge is -1.90. The van der Waals surface area contributed by atoms with Gasteiger partial charge in [0.1, 0.15) is 0 Å². The molecule has 2 aromatic rings. The first-order valence-corrected chi connectivity index (χ1v) is 8.74. The Morgan fingerprint density at radius 3 is 1.50 bits per heavy atom. The van der Waals surface area contributed by atoms with Gasteiger partial charge in [0.2, 0.25) is 5.78 Å². The van der Waals surface area contributed by atoms with Crippen LogP contribution in [0, 0.1) is 0 Å². The highest BCUT2D eigenvalue weighted by atomic mass is 79.9. The van der Waals surface area contributed by atoms with E-state index in [2.05, 4.69) is 63.7 Å². The fourth-order valence-corrected chi connectivity index (χ4v) is 5.08. The van der Waals surface area contributed by atoms with Crippen LogP contribution in [0.1, 0.15) is 14.5 Å². The van der Waals surface area contributed by atoms with Gasteiger partial charge in [0.15, 0.2) is 0 Å². The van der Waals surface area contributed by atoms with Crippen LogP contribution in [0.25, 0.3) is 0 Å². The highest BCUT2D eigenvalue weighted by Gasteiger charge is 2.17. The van der Waals surface area contributed by atoms with E-state index in [1.54, 1.807) is 0 Å². The van der Waals surface area contributed by atoms with Crippen LogP contribution in [0.5, 0.6) is 0 Å². The lowest BCUT2D eigenvalue weighted by atomic mass is 10.3. The molecule has 2 aromatic heterocycles. The van der Waals surface area contributed by atoms with Crippen molar-refractivity contribution in [2.24, 2.45) is 0 Å². The maximum atomic E-state index is 12.1. The first-order valence-electron chi connectivity index (χ1n) is 3.93. The SMILES string of the molecule is O=C(c1cc(Br)c(Br)s1)c1cc(Br)c(Br)s1. The molecular formula is C9H2Br4OS2. The Morgan fingerprint density at radius 2 is 1.25 bits per heavy atom. The normalized spacial score (nSPS) is 10.8. The van der Waals surface area contributed by atoms with Crippen LogP contribution in [0.2, 0.25) is 0 Å². The second-order valence-corrected chi connectivity index (χ2v) is 9.24. The molecule has 7 heteroatoms. The predicted octanol–water partition coefficient (Wildman–Crippen LogP) is 6.09. The third-order valence-electron chi connectivity index (χ3n) is 1.74. The van der Waals surface area contributed by atoms with Crippen LogP contribution in [-0.2, 0) is 0 Å². The van der Waals surface area contributed by atoms with E-state index < -0.39 is 0 Å². The maximum absolute atomic E-state index is 12.1. The predicted molar refractivity (Wildman–Crippen MR) is 82.9 cm³/mol. The summed E-state index contributed by atoms with van der Waals surface area (Å²) in [6, 6.07) is 3.66. The van der Waals surface area contributed by atoms with Crippen LogP contribution in [-0.4, -0.2) is 5.78 Å². The van der Waals surface area contributed by atoms with E-state index >= 15 is 0 Å². The number of hydrogen-bond acceptors (Lipinski definition) is 3. The molecule has 0 spiro atoms. The van der Waals surface area contributed by atoms with Crippen LogP contribution < -0.4 is 0 Å². The number of thiophene rings is 2. The van der Waals surface area contributed by atoms with Gasteiger partial charge in [-0.15, -0.1) is 22.7 Å². The van der Waals surface area contributed by atoms with Crippen molar-refractivity contribution in [3.05, 3.63) is 38.4 Å². The zero-order chi connectivity index (χ0) is 11.9. The molecule has 0 fully saturated rings. The van der Waals surface area contributed by atoms with Gasteiger partial charge in [-0.1, -0.05) is 0 Å². The fourth-order valence-electron chi connectivity index (χ4n) is 1.04. The second-order valence-electron chi connectivity index (χ2n) is 2.79. The Bertz CT molecular complexity index is 471. The molecule has 2 rings (SSSR count). The molecule has 0 saturated carbocycles. The average molecular weight is 510 g/mol. The number of halogens is 4. The summed E-state index contributed by atoms with van der Waals surface area (Å²) in [6.07, 6.45) is 0. The van der Waals surface area contributed by atoms with Gasteiger partial charge in [0.05, 0.1) is 17.3 Å². The van der Waals surface area contributed by atoms with Crippen LogP contribution in [0.3, 0.4) is 0 Å². The summed E-state index contributed by atoms with van der Waals surface area (Å²) in [5.41, 5.74) is 0. The number of carbonyl (C=O) groups excluding carboxylic acids is 1. The minimum absolute atomic E-state index is 0.0489. The van der Waals surface area contributed by atoms with Crippen molar-refractivity contribution in [2.45, 2.75) is 0 Å². The number of rotatable bonds is 2. The summed E-state index contributed by atoms with van der Waals surface area (Å²) < 4.78 is 3.70. The molecule has 0 aliphatic carbocycles. The average Bonchev–Trinajstić information content (AvgIpc) is 2.72. The topological polar surface area (TPSA) is 17.1 Å². The van der Waals surface area contributed by atoms with Gasteiger partial charge in [-0.2, -0.15) is 0 Å². The standard InChI is InChI=1S/C9H2Br4OS2/c10-3-1-5(15-8(3)12)7(14)6-2-4(11)9(13)16-6/h1-2H. The van der Waals surface area contributed by atoms with Crippen molar-refractivity contribution in [3.63, 3.8) is 0 Å². The van der Waals surface area contributed by atoms with E-state index in [1.807, 2.05) is 12.1 Å². The minimum atomic E-state index is 0.0489. The van der Waals surface area contributed by atoms with Crippen molar-refractivity contribution in [2.75, 3.05) is 0 Å². The van der Waals surface area contributed by atoms with Gasteiger partial charge in [-0.25, -0.2) is 0 Å². The van der Waals surface area contributed by atoms with Gasteiger partial charge in [-0.05, 0) is 75.9 Å². The summed E-state index contributed by atoms with van der Waals surface area (Å²) in [6.45, 7) is 0. The molecule has 0 N–H and O–H groups in total. The molecule has 0 amide bonds. The van der Waals surface area contributed by atoms with E-state index in [9.17, 15) is 4.79 Å². The van der Waals surface area contributed by atoms with Gasteiger partial charge in [0.25, 0.3) is 0 Å². The van der Waals surface area contributed by atoms with Crippen molar-refractivity contribution < 1.29 is 4.79 Å². The molecule has 0 radical (unpaired) electrons. The van der Waals surface area contributed by atoms with E-state index in [0.717, 1.165) is 26.3 Å². The van der Waals surface area contributed by atoms with Crippen LogP contribution in [0.15, 0.2) is 28.7 Å². The molecule has 2 heterocycles. The molecule has 1 nitrogen and oxygen atoms in total. The second kappa shape index (κ2) is 5.32. The molecule has 16 heavy (non-hydrogen) atoms. The Kier molecular flexibility index (Phi) is 4.46. The third kappa shape index (κ3) is 2.70. The lowest BCUT2D eigenvalue weighted by molar-refractivity contribution is 0.104. The van der Waals surface area contributed by atoms with Crippen molar-refractivity contribution in [3.8, 4) is 0 Å². The van der Waals surface area contributed by atoms with E-state index in [-0.39, 0.29) is 5.78 Å². The fraction of sp³-hybridized carbons (Fsp3) is 0. The summed E-state index contributed by atoms with van der Waals surface area (Å²) in [4.78, 5) is 13.6.